The third kappa shape index (κ3) is 3.09. The van der Waals surface area contributed by atoms with Crippen molar-refractivity contribution < 1.29 is 4.79 Å². The molecule has 2 aromatic rings. The van der Waals surface area contributed by atoms with Crippen LogP contribution in [0.5, 0.6) is 0 Å². The third-order valence-corrected chi connectivity index (χ3v) is 5.14. The van der Waals surface area contributed by atoms with Gasteiger partial charge in [0.1, 0.15) is 5.04 Å². The van der Waals surface area contributed by atoms with Crippen molar-refractivity contribution in [2.75, 3.05) is 0 Å². The minimum absolute atomic E-state index is 0.0181. The lowest BCUT2D eigenvalue weighted by atomic mass is 10.1. The average molecular weight is 381 g/mol. The van der Waals surface area contributed by atoms with Crippen molar-refractivity contribution in [3.05, 3.63) is 75.8 Å². The molecule has 0 aromatic heterocycles. The fourth-order valence-corrected chi connectivity index (χ4v) is 3.55. The zero-order valence-corrected chi connectivity index (χ0v) is 15.3. The topological polar surface area (TPSA) is 68.9 Å². The molecule has 0 radical (unpaired) electrons. The molecule has 0 saturated carbocycles. The highest BCUT2D eigenvalue weighted by atomic mass is 35.5. The number of amides is 1. The van der Waals surface area contributed by atoms with Gasteiger partial charge < -0.3 is 0 Å². The van der Waals surface area contributed by atoms with Crippen LogP contribution in [0.15, 0.2) is 64.2 Å². The maximum atomic E-state index is 12.4. The van der Waals surface area contributed by atoms with Crippen LogP contribution in [0.4, 0.5) is 0 Å². The number of carbonyl (C=O) groups excluding carboxylic acids is 1. The maximum absolute atomic E-state index is 12.4. The Morgan fingerprint density at radius 3 is 2.50 bits per heavy atom. The Bertz CT molecular complexity index is 1010. The first-order valence-corrected chi connectivity index (χ1v) is 9.03. The second-order valence-electron chi connectivity index (χ2n) is 5.84. The number of fused-ring (bicyclic) bond motifs is 1. The van der Waals surface area contributed by atoms with E-state index in [4.69, 9.17) is 17.0 Å². The van der Waals surface area contributed by atoms with Gasteiger partial charge in [-0.05, 0) is 42.5 Å². The molecule has 2 aromatic carbocycles. The zero-order valence-electron chi connectivity index (χ0n) is 13.7. The number of hydrazone groups is 1. The second kappa shape index (κ2) is 6.55. The van der Waals surface area contributed by atoms with E-state index in [1.807, 2.05) is 31.2 Å². The fraction of sp³-hybridized carbons (Fsp3) is 0.0526. The van der Waals surface area contributed by atoms with E-state index in [1.165, 1.54) is 16.8 Å². The van der Waals surface area contributed by atoms with Crippen LogP contribution in [0.25, 0.3) is 6.08 Å². The van der Waals surface area contributed by atoms with E-state index in [0.717, 1.165) is 16.7 Å². The molecule has 0 bridgehead atoms. The second-order valence-corrected chi connectivity index (χ2v) is 7.24. The highest BCUT2D eigenvalue weighted by Gasteiger charge is 2.35. The Balaban J connectivity index is 1.68. The summed E-state index contributed by atoms with van der Waals surface area (Å²) in [4.78, 5) is 16.5. The Kier molecular flexibility index (Phi) is 4.22. The quantitative estimate of drug-likeness (QED) is 0.789. The summed E-state index contributed by atoms with van der Waals surface area (Å²) in [6.07, 6.45) is 1.63. The predicted molar refractivity (Wildman–Crippen MR) is 107 cm³/mol. The number of benzene rings is 2. The van der Waals surface area contributed by atoms with E-state index in [0.29, 0.717) is 15.2 Å². The van der Waals surface area contributed by atoms with Crippen molar-refractivity contribution in [2.45, 2.75) is 6.92 Å². The molecule has 2 aliphatic heterocycles. The van der Waals surface area contributed by atoms with Gasteiger partial charge in [0.25, 0.3) is 5.91 Å². The number of aliphatic imine (C=N–C) groups is 1. The van der Waals surface area contributed by atoms with Crippen molar-refractivity contribution >= 4 is 51.4 Å². The standard InChI is InChI=1S/C19H13ClN4OS/c1-11-2-6-13(7-3-11)18-23-24-16(21)15(17(25)22-19(24)26-18)10-12-4-8-14(20)9-5-12/h2-10,21H,1H3. The number of aryl methyl sites for hydroxylation is 1. The minimum Gasteiger partial charge on any atom is -0.282 e. The predicted octanol–water partition coefficient (Wildman–Crippen LogP) is 4.32. The van der Waals surface area contributed by atoms with Gasteiger partial charge in [0.2, 0.25) is 5.17 Å². The van der Waals surface area contributed by atoms with Gasteiger partial charge in [0.15, 0.2) is 5.84 Å². The molecule has 0 atom stereocenters. The summed E-state index contributed by atoms with van der Waals surface area (Å²) >= 11 is 7.18. The van der Waals surface area contributed by atoms with Crippen molar-refractivity contribution in [3.63, 3.8) is 0 Å². The van der Waals surface area contributed by atoms with Crippen molar-refractivity contribution in [3.8, 4) is 0 Å². The van der Waals surface area contributed by atoms with Crippen LogP contribution in [0.3, 0.4) is 0 Å². The molecule has 2 heterocycles. The summed E-state index contributed by atoms with van der Waals surface area (Å²) in [5.74, 6) is -0.423. The van der Waals surface area contributed by atoms with Gasteiger partial charge in [0, 0.05) is 10.6 Å². The minimum atomic E-state index is -0.441. The lowest BCUT2D eigenvalue weighted by molar-refractivity contribution is -0.114. The lowest BCUT2D eigenvalue weighted by Gasteiger charge is -2.20. The summed E-state index contributed by atoms with van der Waals surface area (Å²) in [6.45, 7) is 2.02. The zero-order chi connectivity index (χ0) is 18.3. The van der Waals surface area contributed by atoms with E-state index in [-0.39, 0.29) is 11.4 Å². The van der Waals surface area contributed by atoms with Gasteiger partial charge in [-0.25, -0.2) is 0 Å². The number of rotatable bonds is 2. The number of thioether (sulfide) groups is 1. The molecule has 0 spiro atoms. The van der Waals surface area contributed by atoms with Gasteiger partial charge in [-0.1, -0.05) is 53.6 Å². The smallest absolute Gasteiger partial charge is 0.282 e. The van der Waals surface area contributed by atoms with Gasteiger partial charge in [-0.3, -0.25) is 10.2 Å². The van der Waals surface area contributed by atoms with E-state index < -0.39 is 5.91 Å². The summed E-state index contributed by atoms with van der Waals surface area (Å²) < 4.78 is 0. The molecule has 7 heteroatoms. The first-order chi connectivity index (χ1) is 12.5. The number of halogens is 1. The number of nitrogens with one attached hydrogen (secondary N) is 1. The molecule has 1 N–H and O–H groups in total. The van der Waals surface area contributed by atoms with Crippen molar-refractivity contribution in [2.24, 2.45) is 10.1 Å². The van der Waals surface area contributed by atoms with E-state index in [1.54, 1.807) is 30.3 Å². The van der Waals surface area contributed by atoms with Crippen LogP contribution >= 0.6 is 23.4 Å². The number of hydrogen-bond donors (Lipinski definition) is 1. The van der Waals surface area contributed by atoms with Gasteiger partial charge in [-0.15, -0.1) is 0 Å². The molecular formula is C19H13ClN4OS. The SMILES string of the molecule is Cc1ccc(C2=NN3C(=N)C(=Cc4ccc(Cl)cc4)C(=O)N=C3S2)cc1. The third-order valence-electron chi connectivity index (χ3n) is 3.93. The number of amidine groups is 2. The first kappa shape index (κ1) is 16.8. The number of hydrogen-bond acceptors (Lipinski definition) is 4. The molecule has 2 aliphatic rings. The van der Waals surface area contributed by atoms with Crippen LogP contribution < -0.4 is 0 Å². The van der Waals surface area contributed by atoms with E-state index in [2.05, 4.69) is 10.1 Å². The van der Waals surface area contributed by atoms with E-state index in [9.17, 15) is 4.79 Å². The molecule has 5 nitrogen and oxygen atoms in total. The highest BCUT2D eigenvalue weighted by Crippen LogP contribution is 2.31. The molecular weight excluding hydrogens is 368 g/mol. The Hall–Kier alpha value is -2.70. The van der Waals surface area contributed by atoms with Crippen LogP contribution in [0, 0.1) is 12.3 Å². The molecule has 0 saturated heterocycles. The average Bonchev–Trinajstić information content (AvgIpc) is 3.05. The first-order valence-electron chi connectivity index (χ1n) is 7.84. The van der Waals surface area contributed by atoms with Crippen LogP contribution in [-0.2, 0) is 4.79 Å². The lowest BCUT2D eigenvalue weighted by Crippen LogP contribution is -2.35. The van der Waals surface area contributed by atoms with Gasteiger partial charge >= 0.3 is 0 Å². The molecule has 1 amide bonds. The van der Waals surface area contributed by atoms with Crippen molar-refractivity contribution in [1.29, 1.82) is 5.41 Å². The monoisotopic (exact) mass is 380 g/mol. The Labute approximate surface area is 159 Å². The fourth-order valence-electron chi connectivity index (χ4n) is 2.53. The van der Waals surface area contributed by atoms with Crippen LogP contribution in [0.1, 0.15) is 16.7 Å². The maximum Gasteiger partial charge on any atom is 0.283 e. The molecule has 128 valence electrons. The molecule has 0 aliphatic carbocycles. The molecule has 4 rings (SSSR count). The highest BCUT2D eigenvalue weighted by molar-refractivity contribution is 8.27. The number of carbonyl (C=O) groups is 1. The summed E-state index contributed by atoms with van der Waals surface area (Å²) in [6, 6.07) is 15.0. The van der Waals surface area contributed by atoms with Gasteiger partial charge in [-0.2, -0.15) is 15.1 Å². The van der Waals surface area contributed by atoms with Gasteiger partial charge in [0.05, 0.1) is 5.57 Å². The normalized spacial score (nSPS) is 18.1. The summed E-state index contributed by atoms with van der Waals surface area (Å²) in [5, 5.41) is 16.0. The van der Waals surface area contributed by atoms with E-state index >= 15 is 0 Å². The largest absolute Gasteiger partial charge is 0.283 e. The summed E-state index contributed by atoms with van der Waals surface area (Å²) in [5.41, 5.74) is 3.06. The number of nitrogens with zero attached hydrogens (tertiary/aromatic N) is 3. The summed E-state index contributed by atoms with van der Waals surface area (Å²) in [7, 11) is 0. The molecule has 26 heavy (non-hydrogen) atoms. The van der Waals surface area contributed by atoms with Crippen molar-refractivity contribution in [1.82, 2.24) is 5.01 Å². The molecule has 0 unspecified atom stereocenters. The molecule has 0 fully saturated rings. The van der Waals surface area contributed by atoms with Crippen LogP contribution in [-0.4, -0.2) is 27.0 Å². The van der Waals surface area contributed by atoms with Crippen LogP contribution in [0.2, 0.25) is 5.02 Å². The Morgan fingerprint density at radius 1 is 1.12 bits per heavy atom. The Morgan fingerprint density at radius 2 is 1.81 bits per heavy atom.